The van der Waals surface area contributed by atoms with Crippen LogP contribution in [0.15, 0.2) is 48.8 Å². The Bertz CT molecular complexity index is 1350. The van der Waals surface area contributed by atoms with E-state index < -0.39 is 5.82 Å². The molecular weight excluding hydrogens is 483 g/mol. The zero-order valence-corrected chi connectivity index (χ0v) is 20.4. The molecule has 0 saturated heterocycles. The fourth-order valence-electron chi connectivity index (χ4n) is 3.48. The molecule has 12 heteroatoms. The van der Waals surface area contributed by atoms with Crippen LogP contribution in [0.5, 0.6) is 11.5 Å². The van der Waals surface area contributed by atoms with Crippen LogP contribution < -0.4 is 20.1 Å². The summed E-state index contributed by atoms with van der Waals surface area (Å²) in [6.45, 7) is 1.52. The lowest BCUT2D eigenvalue weighted by Gasteiger charge is -2.14. The molecule has 4 aromatic rings. The van der Waals surface area contributed by atoms with Crippen molar-refractivity contribution in [3.63, 3.8) is 0 Å². The van der Waals surface area contributed by atoms with Crippen LogP contribution in [-0.2, 0) is 20.7 Å². The van der Waals surface area contributed by atoms with Crippen LogP contribution >= 0.6 is 0 Å². The zero-order valence-electron chi connectivity index (χ0n) is 20.4. The van der Waals surface area contributed by atoms with Crippen LogP contribution in [-0.4, -0.2) is 66.7 Å². The van der Waals surface area contributed by atoms with Gasteiger partial charge in [-0.25, -0.2) is 14.4 Å². The summed E-state index contributed by atoms with van der Waals surface area (Å²) in [5.74, 6) is 1.24. The van der Waals surface area contributed by atoms with Crippen molar-refractivity contribution in [2.24, 2.45) is 0 Å². The number of aromatic amines is 1. The first-order valence-electron chi connectivity index (χ1n) is 11.4. The maximum Gasteiger partial charge on any atom is 0.230 e. The molecular formula is C25H27FN6O5. The van der Waals surface area contributed by atoms with Crippen LogP contribution in [0.3, 0.4) is 0 Å². The summed E-state index contributed by atoms with van der Waals surface area (Å²) in [4.78, 5) is 21.1. The van der Waals surface area contributed by atoms with Gasteiger partial charge in [-0.2, -0.15) is 5.10 Å². The van der Waals surface area contributed by atoms with Crippen molar-refractivity contribution in [2.75, 3.05) is 51.3 Å². The number of hydrogen-bond donors (Lipinski definition) is 3. The van der Waals surface area contributed by atoms with Gasteiger partial charge in [0.2, 0.25) is 5.91 Å². The molecule has 2 heterocycles. The van der Waals surface area contributed by atoms with Crippen molar-refractivity contribution in [3.05, 3.63) is 60.3 Å². The number of amides is 1. The Morgan fingerprint density at radius 2 is 1.81 bits per heavy atom. The minimum Gasteiger partial charge on any atom is -0.491 e. The Morgan fingerprint density at radius 3 is 2.59 bits per heavy atom. The lowest BCUT2D eigenvalue weighted by Crippen LogP contribution is -2.14. The minimum atomic E-state index is -0.429. The summed E-state index contributed by atoms with van der Waals surface area (Å²) in [7, 11) is 3.20. The molecule has 0 radical (unpaired) electrons. The van der Waals surface area contributed by atoms with Gasteiger partial charge in [0.05, 0.1) is 30.5 Å². The van der Waals surface area contributed by atoms with Gasteiger partial charge in [0, 0.05) is 43.8 Å². The molecule has 2 aromatic carbocycles. The van der Waals surface area contributed by atoms with E-state index in [0.717, 1.165) is 0 Å². The van der Waals surface area contributed by atoms with Crippen LogP contribution in [0, 0.1) is 5.82 Å². The molecule has 11 nitrogen and oxygen atoms in total. The molecule has 3 N–H and O–H groups in total. The zero-order chi connectivity index (χ0) is 26.0. The summed E-state index contributed by atoms with van der Waals surface area (Å²) in [6, 6.07) is 10.9. The summed E-state index contributed by atoms with van der Waals surface area (Å²) in [6.07, 6.45) is 1.44. The van der Waals surface area contributed by atoms with E-state index in [2.05, 4.69) is 30.8 Å². The number of halogens is 1. The van der Waals surface area contributed by atoms with E-state index in [0.29, 0.717) is 71.8 Å². The summed E-state index contributed by atoms with van der Waals surface area (Å²) < 4.78 is 35.2. The van der Waals surface area contributed by atoms with Gasteiger partial charge in [-0.1, -0.05) is 6.07 Å². The maximum atomic E-state index is 13.4. The van der Waals surface area contributed by atoms with Gasteiger partial charge in [-0.15, -0.1) is 0 Å². The Kier molecular flexibility index (Phi) is 8.79. The standard InChI is InChI=1S/C25H27FN6O5/c1-34-6-8-36-19-13-20-24(21(14-19)37-9-7-35-2)25(28-15-27-20)30-22-11-18(31-32-22)12-23(33)29-17-5-3-4-16(26)10-17/h3-5,10-11,13-15H,6-9,12H2,1-2H3,(H,29,33)(H2,27,28,30,31,32). The van der Waals surface area contributed by atoms with E-state index in [1.807, 2.05) is 0 Å². The second-order valence-electron chi connectivity index (χ2n) is 7.86. The lowest BCUT2D eigenvalue weighted by molar-refractivity contribution is -0.115. The molecule has 194 valence electrons. The quantitative estimate of drug-likeness (QED) is 0.231. The van der Waals surface area contributed by atoms with Gasteiger partial charge in [0.1, 0.15) is 42.7 Å². The lowest BCUT2D eigenvalue weighted by atomic mass is 10.2. The number of carbonyl (C=O) groups is 1. The highest BCUT2D eigenvalue weighted by Crippen LogP contribution is 2.35. The monoisotopic (exact) mass is 510 g/mol. The normalized spacial score (nSPS) is 10.9. The Hall–Kier alpha value is -4.29. The summed E-state index contributed by atoms with van der Waals surface area (Å²) >= 11 is 0. The fourth-order valence-corrected chi connectivity index (χ4v) is 3.48. The van der Waals surface area contributed by atoms with Gasteiger partial charge in [0.15, 0.2) is 5.82 Å². The number of benzene rings is 2. The molecule has 0 bridgehead atoms. The van der Waals surface area contributed by atoms with Gasteiger partial charge in [0.25, 0.3) is 0 Å². The smallest absolute Gasteiger partial charge is 0.230 e. The van der Waals surface area contributed by atoms with E-state index >= 15 is 0 Å². The first-order chi connectivity index (χ1) is 18.1. The van der Waals surface area contributed by atoms with Crippen LogP contribution in [0.2, 0.25) is 0 Å². The van der Waals surface area contributed by atoms with Gasteiger partial charge in [-0.3, -0.25) is 9.89 Å². The molecule has 0 spiro atoms. The van der Waals surface area contributed by atoms with Crippen LogP contribution in [0.1, 0.15) is 5.69 Å². The highest BCUT2D eigenvalue weighted by Gasteiger charge is 2.15. The maximum absolute atomic E-state index is 13.4. The number of carbonyl (C=O) groups excluding carboxylic acids is 1. The largest absolute Gasteiger partial charge is 0.491 e. The number of ether oxygens (including phenoxy) is 4. The number of nitrogens with zero attached hydrogens (tertiary/aromatic N) is 3. The molecule has 0 aliphatic rings. The van der Waals surface area contributed by atoms with Crippen molar-refractivity contribution in [3.8, 4) is 11.5 Å². The second-order valence-corrected chi connectivity index (χ2v) is 7.86. The summed E-state index contributed by atoms with van der Waals surface area (Å²) in [5.41, 5.74) is 1.53. The first-order valence-corrected chi connectivity index (χ1v) is 11.4. The third-order valence-electron chi connectivity index (χ3n) is 5.11. The van der Waals surface area contributed by atoms with E-state index in [1.54, 1.807) is 38.5 Å². The average molecular weight is 511 g/mol. The molecule has 2 aromatic heterocycles. The highest BCUT2D eigenvalue weighted by molar-refractivity contribution is 5.96. The number of rotatable bonds is 13. The second kappa shape index (κ2) is 12.6. The molecule has 4 rings (SSSR count). The summed E-state index contributed by atoms with van der Waals surface area (Å²) in [5, 5.41) is 13.5. The van der Waals surface area contributed by atoms with Crippen molar-refractivity contribution in [1.82, 2.24) is 20.2 Å². The molecule has 0 atom stereocenters. The fraction of sp³-hybridized carbons (Fsp3) is 0.280. The van der Waals surface area contributed by atoms with Crippen LogP contribution in [0.4, 0.5) is 21.7 Å². The van der Waals surface area contributed by atoms with Gasteiger partial charge < -0.3 is 29.6 Å². The van der Waals surface area contributed by atoms with Crippen molar-refractivity contribution >= 4 is 34.1 Å². The van der Waals surface area contributed by atoms with E-state index in [4.69, 9.17) is 18.9 Å². The van der Waals surface area contributed by atoms with E-state index in [-0.39, 0.29) is 12.3 Å². The number of methoxy groups -OCH3 is 2. The molecule has 0 saturated carbocycles. The SMILES string of the molecule is COCCOc1cc(OCCOC)c2c(Nc3cc(CC(=O)Nc4cccc(F)c4)[nH]n3)ncnc2c1. The molecule has 37 heavy (non-hydrogen) atoms. The van der Waals surface area contributed by atoms with Gasteiger partial charge >= 0.3 is 0 Å². The number of anilines is 3. The molecule has 0 aliphatic carbocycles. The van der Waals surface area contributed by atoms with E-state index in [9.17, 15) is 9.18 Å². The molecule has 0 aliphatic heterocycles. The van der Waals surface area contributed by atoms with Crippen molar-refractivity contribution < 1.29 is 28.1 Å². The average Bonchev–Trinajstić information content (AvgIpc) is 3.30. The topological polar surface area (TPSA) is 133 Å². The predicted octanol–water partition coefficient (Wildman–Crippen LogP) is 3.47. The van der Waals surface area contributed by atoms with E-state index in [1.165, 1.54) is 24.5 Å². The number of H-pyrrole nitrogens is 1. The molecule has 0 unspecified atom stereocenters. The number of nitrogens with one attached hydrogen (secondary N) is 3. The minimum absolute atomic E-state index is 0.0171. The predicted molar refractivity (Wildman–Crippen MR) is 135 cm³/mol. The van der Waals surface area contributed by atoms with Crippen molar-refractivity contribution in [1.29, 1.82) is 0 Å². The van der Waals surface area contributed by atoms with Crippen molar-refractivity contribution in [2.45, 2.75) is 6.42 Å². The van der Waals surface area contributed by atoms with Crippen LogP contribution in [0.25, 0.3) is 10.9 Å². The number of fused-ring (bicyclic) bond motifs is 1. The molecule has 0 fully saturated rings. The first kappa shape index (κ1) is 25.8. The third kappa shape index (κ3) is 7.12. The molecule has 1 amide bonds. The Labute approximate surface area is 212 Å². The number of hydrogen-bond acceptors (Lipinski definition) is 9. The number of aromatic nitrogens is 4. The Balaban J connectivity index is 1.52. The highest BCUT2D eigenvalue weighted by atomic mass is 19.1. The van der Waals surface area contributed by atoms with Gasteiger partial charge in [-0.05, 0) is 18.2 Å². The Morgan fingerprint density at radius 1 is 1.00 bits per heavy atom. The third-order valence-corrected chi connectivity index (χ3v) is 5.11.